The molecule has 4 nitrogen and oxygen atoms in total. The molecule has 3 N–H and O–H groups in total. The molecule has 0 atom stereocenters. The first-order valence-corrected chi connectivity index (χ1v) is 9.13. The van der Waals surface area contributed by atoms with Crippen molar-refractivity contribution in [3.63, 3.8) is 0 Å². The van der Waals surface area contributed by atoms with Crippen LogP contribution in [0.4, 0.5) is 11.4 Å². The Balaban J connectivity index is 2.54. The summed E-state index contributed by atoms with van der Waals surface area (Å²) < 4.78 is 28.8. The molecule has 0 aromatic heterocycles. The third-order valence-electron chi connectivity index (χ3n) is 3.01. The number of hydrogen-bond donors (Lipinski definition) is 2. The molecular formula is C14H14Br2N2O2S. The molecule has 21 heavy (non-hydrogen) atoms. The highest BCUT2D eigenvalue weighted by Crippen LogP contribution is 2.34. The maximum absolute atomic E-state index is 12.6. The van der Waals surface area contributed by atoms with Gasteiger partial charge in [0.1, 0.15) is 4.90 Å². The highest BCUT2D eigenvalue weighted by Gasteiger charge is 2.23. The fourth-order valence-corrected chi connectivity index (χ4v) is 5.82. The molecule has 0 saturated carbocycles. The molecule has 0 amide bonds. The number of para-hydroxylation sites is 1. The van der Waals surface area contributed by atoms with Crippen molar-refractivity contribution in [3.8, 4) is 0 Å². The van der Waals surface area contributed by atoms with Gasteiger partial charge in [0.15, 0.2) is 0 Å². The van der Waals surface area contributed by atoms with Crippen molar-refractivity contribution < 1.29 is 8.42 Å². The Morgan fingerprint density at radius 3 is 2.00 bits per heavy atom. The first-order valence-electron chi connectivity index (χ1n) is 6.06. The van der Waals surface area contributed by atoms with E-state index in [4.69, 9.17) is 5.73 Å². The molecule has 2 aromatic rings. The number of nitrogen functional groups attached to an aromatic ring is 1. The van der Waals surface area contributed by atoms with Crippen molar-refractivity contribution in [3.05, 3.63) is 50.4 Å². The molecule has 0 bridgehead atoms. The second-order valence-corrected chi connectivity index (χ2v) is 8.01. The molecule has 2 rings (SSSR count). The Morgan fingerprint density at radius 2 is 1.52 bits per heavy atom. The molecule has 0 heterocycles. The molecule has 112 valence electrons. The van der Waals surface area contributed by atoms with E-state index in [1.54, 1.807) is 12.1 Å². The van der Waals surface area contributed by atoms with Gasteiger partial charge in [0.2, 0.25) is 0 Å². The smallest absolute Gasteiger partial charge is 0.264 e. The Bertz CT molecular complexity index is 761. The summed E-state index contributed by atoms with van der Waals surface area (Å²) in [5.41, 5.74) is 8.48. The number of anilines is 2. The molecule has 0 aliphatic heterocycles. The first-order chi connectivity index (χ1) is 9.72. The van der Waals surface area contributed by atoms with Crippen LogP contribution in [-0.4, -0.2) is 8.42 Å². The van der Waals surface area contributed by atoms with Gasteiger partial charge in [-0.05, 0) is 69.0 Å². The Labute approximate surface area is 141 Å². The fraction of sp³-hybridized carbons (Fsp3) is 0.143. The maximum atomic E-state index is 12.6. The van der Waals surface area contributed by atoms with E-state index in [1.807, 2.05) is 32.0 Å². The van der Waals surface area contributed by atoms with Crippen molar-refractivity contribution in [2.45, 2.75) is 18.7 Å². The number of nitrogens with two attached hydrogens (primary N) is 1. The third-order valence-corrected chi connectivity index (χ3v) is 6.23. The summed E-state index contributed by atoms with van der Waals surface area (Å²) >= 11 is 6.51. The van der Waals surface area contributed by atoms with Crippen LogP contribution in [0.2, 0.25) is 0 Å². The molecule has 0 aliphatic carbocycles. The summed E-state index contributed by atoms with van der Waals surface area (Å²) in [4.78, 5) is 0.124. The lowest BCUT2D eigenvalue weighted by atomic mass is 10.1. The van der Waals surface area contributed by atoms with E-state index in [9.17, 15) is 8.42 Å². The number of aryl methyl sites for hydroxylation is 2. The average molecular weight is 434 g/mol. The second-order valence-electron chi connectivity index (χ2n) is 4.69. The number of halogens is 2. The number of sulfonamides is 1. The Kier molecular flexibility index (Phi) is 4.65. The zero-order valence-corrected chi connectivity index (χ0v) is 15.4. The minimum atomic E-state index is -3.74. The minimum absolute atomic E-state index is 0.124. The standard InChI is InChI=1S/C14H14Br2N2O2S/c1-8-4-3-5-9(2)13(8)18-21(19,20)14-11(15)6-10(17)7-12(14)16/h3-7,18H,17H2,1-2H3. The van der Waals surface area contributed by atoms with E-state index >= 15 is 0 Å². The zero-order chi connectivity index (χ0) is 15.8. The summed E-state index contributed by atoms with van der Waals surface area (Å²) in [5, 5.41) is 0. The van der Waals surface area contributed by atoms with E-state index < -0.39 is 10.0 Å². The van der Waals surface area contributed by atoms with Crippen LogP contribution in [0, 0.1) is 13.8 Å². The zero-order valence-electron chi connectivity index (χ0n) is 11.4. The van der Waals surface area contributed by atoms with E-state index in [1.165, 1.54) is 0 Å². The van der Waals surface area contributed by atoms with Crippen LogP contribution in [0.1, 0.15) is 11.1 Å². The molecule has 0 spiro atoms. The van der Waals surface area contributed by atoms with Gasteiger partial charge in [-0.15, -0.1) is 0 Å². The lowest BCUT2D eigenvalue weighted by Crippen LogP contribution is -2.16. The lowest BCUT2D eigenvalue weighted by Gasteiger charge is -2.15. The van der Waals surface area contributed by atoms with Gasteiger partial charge in [0.05, 0.1) is 5.69 Å². The van der Waals surface area contributed by atoms with Gasteiger partial charge in [0.25, 0.3) is 10.0 Å². The molecule has 0 fully saturated rings. The number of rotatable bonds is 3. The predicted molar refractivity (Wildman–Crippen MR) is 93.0 cm³/mol. The van der Waals surface area contributed by atoms with Crippen LogP contribution < -0.4 is 10.5 Å². The molecule has 0 aliphatic rings. The van der Waals surface area contributed by atoms with Crippen LogP contribution in [0.3, 0.4) is 0 Å². The van der Waals surface area contributed by atoms with Crippen LogP contribution in [0.25, 0.3) is 0 Å². The molecular weight excluding hydrogens is 420 g/mol. The normalized spacial score (nSPS) is 11.4. The average Bonchev–Trinajstić information content (AvgIpc) is 2.32. The van der Waals surface area contributed by atoms with Crippen molar-refractivity contribution in [2.75, 3.05) is 10.5 Å². The molecule has 0 unspecified atom stereocenters. The van der Waals surface area contributed by atoms with Crippen LogP contribution in [0.15, 0.2) is 44.2 Å². The van der Waals surface area contributed by atoms with E-state index in [0.29, 0.717) is 20.3 Å². The SMILES string of the molecule is Cc1cccc(C)c1NS(=O)(=O)c1c(Br)cc(N)cc1Br. The van der Waals surface area contributed by atoms with Crippen molar-refractivity contribution in [2.24, 2.45) is 0 Å². The molecule has 7 heteroatoms. The maximum Gasteiger partial charge on any atom is 0.264 e. The van der Waals surface area contributed by atoms with Crippen molar-refractivity contribution in [1.29, 1.82) is 0 Å². The monoisotopic (exact) mass is 432 g/mol. The topological polar surface area (TPSA) is 72.2 Å². The van der Waals surface area contributed by atoms with Gasteiger partial charge in [-0.3, -0.25) is 4.72 Å². The Morgan fingerprint density at radius 1 is 1.05 bits per heavy atom. The lowest BCUT2D eigenvalue weighted by molar-refractivity contribution is 0.600. The summed E-state index contributed by atoms with van der Waals surface area (Å²) in [7, 11) is -3.74. The first kappa shape index (κ1) is 16.3. The highest BCUT2D eigenvalue weighted by atomic mass is 79.9. The van der Waals surface area contributed by atoms with E-state index in [-0.39, 0.29) is 4.90 Å². The largest absolute Gasteiger partial charge is 0.399 e. The van der Waals surface area contributed by atoms with Crippen LogP contribution >= 0.6 is 31.9 Å². The number of hydrogen-bond acceptors (Lipinski definition) is 3. The van der Waals surface area contributed by atoms with E-state index in [2.05, 4.69) is 36.6 Å². The molecule has 0 saturated heterocycles. The molecule has 2 aromatic carbocycles. The summed E-state index contributed by atoms with van der Waals surface area (Å²) in [6.07, 6.45) is 0. The van der Waals surface area contributed by atoms with Gasteiger partial charge < -0.3 is 5.73 Å². The number of nitrogens with one attached hydrogen (secondary N) is 1. The fourth-order valence-electron chi connectivity index (χ4n) is 2.00. The highest BCUT2D eigenvalue weighted by molar-refractivity contribution is 9.11. The van der Waals surface area contributed by atoms with Gasteiger partial charge in [-0.2, -0.15) is 0 Å². The summed E-state index contributed by atoms with van der Waals surface area (Å²) in [6.45, 7) is 3.72. The minimum Gasteiger partial charge on any atom is -0.399 e. The second kappa shape index (κ2) is 5.98. The number of benzene rings is 2. The summed E-state index contributed by atoms with van der Waals surface area (Å²) in [6, 6.07) is 8.72. The quantitative estimate of drug-likeness (QED) is 0.712. The van der Waals surface area contributed by atoms with Crippen molar-refractivity contribution >= 4 is 53.3 Å². The predicted octanol–water partition coefficient (Wildman–Crippen LogP) is 4.21. The summed E-state index contributed by atoms with van der Waals surface area (Å²) in [5.74, 6) is 0. The van der Waals surface area contributed by atoms with Crippen LogP contribution in [-0.2, 0) is 10.0 Å². The molecule has 0 radical (unpaired) electrons. The third kappa shape index (κ3) is 3.41. The van der Waals surface area contributed by atoms with Crippen LogP contribution in [0.5, 0.6) is 0 Å². The van der Waals surface area contributed by atoms with Gasteiger partial charge in [-0.25, -0.2) is 8.42 Å². The van der Waals surface area contributed by atoms with Gasteiger partial charge >= 0.3 is 0 Å². The van der Waals surface area contributed by atoms with Gasteiger partial charge in [0, 0.05) is 14.6 Å². The van der Waals surface area contributed by atoms with Crippen molar-refractivity contribution in [1.82, 2.24) is 0 Å². The van der Waals surface area contributed by atoms with Gasteiger partial charge in [-0.1, -0.05) is 18.2 Å². The van der Waals surface area contributed by atoms with E-state index in [0.717, 1.165) is 11.1 Å². The Hall–Kier alpha value is -1.05.